The largest absolute Gasteiger partial charge is 0.478 e. The molecule has 0 saturated carbocycles. The summed E-state index contributed by atoms with van der Waals surface area (Å²) in [5, 5.41) is 15.4. The molecule has 0 fully saturated rings. The SMILES string of the molecule is CCCNc1ccccc1Sc1ccc(NC(=O)CC)c(C(=O)O)c1. The van der Waals surface area contributed by atoms with E-state index in [1.165, 1.54) is 11.8 Å². The van der Waals surface area contributed by atoms with Gasteiger partial charge in [0.25, 0.3) is 0 Å². The number of aromatic carboxylic acids is 1. The highest BCUT2D eigenvalue weighted by molar-refractivity contribution is 7.99. The van der Waals surface area contributed by atoms with E-state index < -0.39 is 5.97 Å². The van der Waals surface area contributed by atoms with E-state index in [1.54, 1.807) is 19.1 Å². The van der Waals surface area contributed by atoms with Crippen molar-refractivity contribution < 1.29 is 14.7 Å². The number of rotatable bonds is 8. The first kappa shape index (κ1) is 18.9. The molecule has 0 saturated heterocycles. The highest BCUT2D eigenvalue weighted by Crippen LogP contribution is 2.35. The second kappa shape index (κ2) is 9.13. The number of carbonyl (C=O) groups is 2. The van der Waals surface area contributed by atoms with Crippen molar-refractivity contribution in [2.24, 2.45) is 0 Å². The fraction of sp³-hybridized carbons (Fsp3) is 0.263. The van der Waals surface area contributed by atoms with Gasteiger partial charge in [-0.2, -0.15) is 0 Å². The number of amides is 1. The maximum absolute atomic E-state index is 11.6. The minimum Gasteiger partial charge on any atom is -0.478 e. The number of hydrogen-bond donors (Lipinski definition) is 3. The molecule has 0 aliphatic heterocycles. The van der Waals surface area contributed by atoms with Crippen LogP contribution < -0.4 is 10.6 Å². The number of hydrogen-bond acceptors (Lipinski definition) is 4. The molecule has 0 radical (unpaired) electrons. The van der Waals surface area contributed by atoms with Crippen molar-refractivity contribution in [1.29, 1.82) is 0 Å². The molecule has 0 aliphatic carbocycles. The predicted molar refractivity (Wildman–Crippen MR) is 102 cm³/mol. The van der Waals surface area contributed by atoms with Crippen molar-refractivity contribution in [2.45, 2.75) is 36.5 Å². The molecule has 5 nitrogen and oxygen atoms in total. The molecule has 2 aromatic rings. The van der Waals surface area contributed by atoms with Gasteiger partial charge in [0.2, 0.25) is 5.91 Å². The van der Waals surface area contributed by atoms with Crippen molar-refractivity contribution in [1.82, 2.24) is 0 Å². The molecule has 2 rings (SSSR count). The first-order valence-electron chi connectivity index (χ1n) is 8.23. The molecular weight excluding hydrogens is 336 g/mol. The average molecular weight is 358 g/mol. The van der Waals surface area contributed by atoms with E-state index >= 15 is 0 Å². The van der Waals surface area contributed by atoms with Crippen molar-refractivity contribution in [3.63, 3.8) is 0 Å². The number of anilines is 2. The highest BCUT2D eigenvalue weighted by Gasteiger charge is 2.14. The third kappa shape index (κ3) is 5.26. The van der Waals surface area contributed by atoms with E-state index in [2.05, 4.69) is 17.6 Å². The van der Waals surface area contributed by atoms with Crippen LogP contribution in [-0.4, -0.2) is 23.5 Å². The first-order valence-corrected chi connectivity index (χ1v) is 9.04. The van der Waals surface area contributed by atoms with Gasteiger partial charge in [-0.3, -0.25) is 4.79 Å². The van der Waals surface area contributed by atoms with E-state index in [-0.39, 0.29) is 11.5 Å². The fourth-order valence-corrected chi connectivity index (χ4v) is 3.16. The van der Waals surface area contributed by atoms with Crippen LogP contribution in [0.1, 0.15) is 37.0 Å². The zero-order chi connectivity index (χ0) is 18.2. The standard InChI is InChI=1S/C19H22N2O3S/c1-3-11-20-16-7-5-6-8-17(16)25-13-9-10-15(21-18(22)4-2)14(12-13)19(23)24/h5-10,12,20H,3-4,11H2,1-2H3,(H,21,22)(H,23,24). The number of carbonyl (C=O) groups excluding carboxylic acids is 1. The van der Waals surface area contributed by atoms with Gasteiger partial charge in [0, 0.05) is 28.4 Å². The molecule has 0 unspecified atom stereocenters. The van der Waals surface area contributed by atoms with E-state index in [0.717, 1.165) is 28.4 Å². The average Bonchev–Trinajstić information content (AvgIpc) is 2.61. The van der Waals surface area contributed by atoms with Gasteiger partial charge < -0.3 is 15.7 Å². The molecule has 1 amide bonds. The van der Waals surface area contributed by atoms with Crippen LogP contribution >= 0.6 is 11.8 Å². The van der Waals surface area contributed by atoms with Crippen LogP contribution in [0.5, 0.6) is 0 Å². The molecular formula is C19H22N2O3S. The molecule has 0 spiro atoms. The number of carboxylic acids is 1. The van der Waals surface area contributed by atoms with Crippen LogP contribution in [0.4, 0.5) is 11.4 Å². The lowest BCUT2D eigenvalue weighted by Gasteiger charge is -2.13. The lowest BCUT2D eigenvalue weighted by molar-refractivity contribution is -0.115. The Hall–Kier alpha value is -2.47. The maximum Gasteiger partial charge on any atom is 0.337 e. The third-order valence-electron chi connectivity index (χ3n) is 3.50. The summed E-state index contributed by atoms with van der Waals surface area (Å²) in [7, 11) is 0. The monoisotopic (exact) mass is 358 g/mol. The lowest BCUT2D eigenvalue weighted by atomic mass is 10.1. The number of nitrogens with one attached hydrogen (secondary N) is 2. The van der Waals surface area contributed by atoms with Gasteiger partial charge in [0.05, 0.1) is 11.3 Å². The summed E-state index contributed by atoms with van der Waals surface area (Å²) in [6, 6.07) is 13.0. The predicted octanol–water partition coefficient (Wildman–Crippen LogP) is 4.71. The number of carboxylic acid groups (broad SMARTS) is 1. The van der Waals surface area contributed by atoms with Crippen LogP contribution in [0.25, 0.3) is 0 Å². The number of benzene rings is 2. The molecule has 0 aliphatic rings. The fourth-order valence-electron chi connectivity index (χ4n) is 2.20. The molecule has 25 heavy (non-hydrogen) atoms. The molecule has 3 N–H and O–H groups in total. The molecule has 0 aromatic heterocycles. The molecule has 2 aromatic carbocycles. The summed E-state index contributed by atoms with van der Waals surface area (Å²) in [5.41, 5.74) is 1.43. The van der Waals surface area contributed by atoms with Crippen molar-refractivity contribution in [3.8, 4) is 0 Å². The number of para-hydroxylation sites is 1. The molecule has 132 valence electrons. The molecule has 0 bridgehead atoms. The Morgan fingerprint density at radius 3 is 2.52 bits per heavy atom. The van der Waals surface area contributed by atoms with Gasteiger partial charge in [-0.05, 0) is 36.8 Å². The Morgan fingerprint density at radius 1 is 1.08 bits per heavy atom. The van der Waals surface area contributed by atoms with Crippen LogP contribution in [0.15, 0.2) is 52.3 Å². The Kier molecular flexibility index (Phi) is 6.89. The van der Waals surface area contributed by atoms with Crippen molar-refractivity contribution >= 4 is 35.0 Å². The van der Waals surface area contributed by atoms with E-state index in [4.69, 9.17) is 0 Å². The zero-order valence-electron chi connectivity index (χ0n) is 14.3. The minimum absolute atomic E-state index is 0.0887. The summed E-state index contributed by atoms with van der Waals surface area (Å²) < 4.78 is 0. The van der Waals surface area contributed by atoms with E-state index in [9.17, 15) is 14.7 Å². The normalized spacial score (nSPS) is 10.3. The Bertz CT molecular complexity index is 762. The summed E-state index contributed by atoms with van der Waals surface area (Å²) in [6.45, 7) is 4.70. The topological polar surface area (TPSA) is 78.4 Å². The summed E-state index contributed by atoms with van der Waals surface area (Å²) in [5.74, 6) is -1.27. The van der Waals surface area contributed by atoms with Crippen LogP contribution in [0.3, 0.4) is 0 Å². The van der Waals surface area contributed by atoms with E-state index in [1.807, 2.05) is 30.3 Å². The van der Waals surface area contributed by atoms with Gasteiger partial charge in [-0.15, -0.1) is 0 Å². The summed E-state index contributed by atoms with van der Waals surface area (Å²) >= 11 is 1.49. The molecule has 6 heteroatoms. The minimum atomic E-state index is -1.06. The summed E-state index contributed by atoms with van der Waals surface area (Å²) in [6.07, 6.45) is 1.32. The summed E-state index contributed by atoms with van der Waals surface area (Å²) in [4.78, 5) is 24.9. The van der Waals surface area contributed by atoms with Gasteiger partial charge in [-0.25, -0.2) is 4.79 Å². The maximum atomic E-state index is 11.6. The Balaban J connectivity index is 2.27. The first-order chi connectivity index (χ1) is 12.0. The van der Waals surface area contributed by atoms with Crippen LogP contribution in [0, 0.1) is 0 Å². The smallest absolute Gasteiger partial charge is 0.337 e. The van der Waals surface area contributed by atoms with Crippen LogP contribution in [0.2, 0.25) is 0 Å². The lowest BCUT2D eigenvalue weighted by Crippen LogP contribution is -2.13. The van der Waals surface area contributed by atoms with Gasteiger partial charge >= 0.3 is 5.97 Å². The van der Waals surface area contributed by atoms with Crippen LogP contribution in [-0.2, 0) is 4.79 Å². The van der Waals surface area contributed by atoms with E-state index in [0.29, 0.717) is 12.1 Å². The quantitative estimate of drug-likeness (QED) is 0.637. The second-order valence-corrected chi connectivity index (χ2v) is 6.55. The second-order valence-electron chi connectivity index (χ2n) is 5.44. The zero-order valence-corrected chi connectivity index (χ0v) is 15.2. The van der Waals surface area contributed by atoms with Gasteiger partial charge in [-0.1, -0.05) is 37.7 Å². The Labute approximate surface area is 151 Å². The van der Waals surface area contributed by atoms with Crippen molar-refractivity contribution in [3.05, 3.63) is 48.0 Å². The highest BCUT2D eigenvalue weighted by atomic mass is 32.2. The molecule has 0 atom stereocenters. The molecule has 0 heterocycles. The Morgan fingerprint density at radius 2 is 1.84 bits per heavy atom. The van der Waals surface area contributed by atoms with Gasteiger partial charge in [0.1, 0.15) is 0 Å². The van der Waals surface area contributed by atoms with Crippen molar-refractivity contribution in [2.75, 3.05) is 17.2 Å². The third-order valence-corrected chi connectivity index (χ3v) is 4.56. The van der Waals surface area contributed by atoms with Gasteiger partial charge in [0.15, 0.2) is 0 Å².